The quantitative estimate of drug-likeness (QED) is 0.601. The van der Waals surface area contributed by atoms with Crippen molar-refractivity contribution < 1.29 is 19.1 Å². The van der Waals surface area contributed by atoms with Gasteiger partial charge in [-0.3, -0.25) is 9.59 Å². The monoisotopic (exact) mass is 358 g/mol. The highest BCUT2D eigenvalue weighted by atomic mass is 16.5. The number of morpholine rings is 1. The van der Waals surface area contributed by atoms with E-state index in [1.807, 2.05) is 30.3 Å². The van der Waals surface area contributed by atoms with E-state index < -0.39 is 0 Å². The molecule has 0 spiro atoms. The van der Waals surface area contributed by atoms with Crippen LogP contribution in [0.4, 0.5) is 0 Å². The number of amides is 2. The van der Waals surface area contributed by atoms with Crippen molar-refractivity contribution in [1.82, 2.24) is 10.6 Å². The third-order valence-electron chi connectivity index (χ3n) is 4.90. The molecule has 2 fully saturated rings. The highest BCUT2D eigenvalue weighted by Gasteiger charge is 2.40. The van der Waals surface area contributed by atoms with Gasteiger partial charge in [0.25, 0.3) is 5.91 Å². The van der Waals surface area contributed by atoms with Crippen LogP contribution in [0.2, 0.25) is 0 Å². The second-order valence-electron chi connectivity index (χ2n) is 6.80. The summed E-state index contributed by atoms with van der Waals surface area (Å²) in [6, 6.07) is 9.53. The van der Waals surface area contributed by atoms with E-state index >= 15 is 0 Å². The van der Waals surface area contributed by atoms with Gasteiger partial charge in [-0.2, -0.15) is 0 Å². The van der Waals surface area contributed by atoms with E-state index in [2.05, 4.69) is 10.6 Å². The van der Waals surface area contributed by atoms with Crippen LogP contribution in [0.25, 0.3) is 6.08 Å². The number of ether oxygens (including phenoxy) is 2. The third kappa shape index (κ3) is 4.64. The molecule has 1 aliphatic carbocycles. The van der Waals surface area contributed by atoms with Crippen LogP contribution in [0.3, 0.4) is 0 Å². The van der Waals surface area contributed by atoms with Crippen molar-refractivity contribution in [3.05, 3.63) is 41.7 Å². The maximum Gasteiger partial charge on any atom is 0.286 e. The Morgan fingerprint density at radius 3 is 2.92 bits per heavy atom. The van der Waals surface area contributed by atoms with Gasteiger partial charge in [0, 0.05) is 26.2 Å². The SMILES string of the molecule is COCCCNC(=O)C1CCC2O/C(=C/c3ccccc3)C(=O)NC2C1. The summed E-state index contributed by atoms with van der Waals surface area (Å²) in [4.78, 5) is 24.7. The molecular formula is C20H26N2O4. The van der Waals surface area contributed by atoms with E-state index in [4.69, 9.17) is 9.47 Å². The largest absolute Gasteiger partial charge is 0.483 e. The smallest absolute Gasteiger partial charge is 0.286 e. The van der Waals surface area contributed by atoms with Crippen molar-refractivity contribution in [2.45, 2.75) is 37.8 Å². The first kappa shape index (κ1) is 18.5. The van der Waals surface area contributed by atoms with Gasteiger partial charge in [0.05, 0.1) is 6.04 Å². The molecule has 2 aliphatic rings. The average molecular weight is 358 g/mol. The topological polar surface area (TPSA) is 76.7 Å². The molecule has 1 heterocycles. The Morgan fingerprint density at radius 2 is 2.15 bits per heavy atom. The predicted molar refractivity (Wildman–Crippen MR) is 98.1 cm³/mol. The number of fused-ring (bicyclic) bond motifs is 1. The standard InChI is InChI=1S/C20H26N2O4/c1-25-11-5-10-21-19(23)15-8-9-17-16(13-15)22-20(24)18(26-17)12-14-6-3-2-4-7-14/h2-4,6-7,12,15-17H,5,8-11,13H2,1H3,(H,21,23)(H,22,24)/b18-12+. The van der Waals surface area contributed by atoms with Gasteiger partial charge in [-0.15, -0.1) is 0 Å². The Labute approximate surface area is 153 Å². The van der Waals surface area contributed by atoms with Crippen LogP contribution >= 0.6 is 0 Å². The fraction of sp³-hybridized carbons (Fsp3) is 0.500. The molecule has 1 saturated carbocycles. The summed E-state index contributed by atoms with van der Waals surface area (Å²) in [6.07, 6.45) is 4.64. The van der Waals surface area contributed by atoms with E-state index in [0.29, 0.717) is 25.3 Å². The van der Waals surface area contributed by atoms with Gasteiger partial charge in [-0.1, -0.05) is 30.3 Å². The fourth-order valence-corrected chi connectivity index (χ4v) is 3.50. The summed E-state index contributed by atoms with van der Waals surface area (Å²) in [5.41, 5.74) is 0.931. The summed E-state index contributed by atoms with van der Waals surface area (Å²) in [5, 5.41) is 5.97. The Hall–Kier alpha value is -2.34. The van der Waals surface area contributed by atoms with Gasteiger partial charge in [-0.25, -0.2) is 0 Å². The minimum Gasteiger partial charge on any atom is -0.483 e. The minimum absolute atomic E-state index is 0.0550. The molecule has 1 aromatic rings. The van der Waals surface area contributed by atoms with Gasteiger partial charge in [0.1, 0.15) is 6.10 Å². The molecule has 0 bridgehead atoms. The molecule has 0 radical (unpaired) electrons. The highest BCUT2D eigenvalue weighted by Crippen LogP contribution is 2.31. The molecule has 6 nitrogen and oxygen atoms in total. The molecule has 3 rings (SSSR count). The van der Waals surface area contributed by atoms with Crippen molar-refractivity contribution in [2.75, 3.05) is 20.3 Å². The molecule has 1 aromatic carbocycles. The van der Waals surface area contributed by atoms with Crippen LogP contribution in [-0.4, -0.2) is 44.2 Å². The number of benzene rings is 1. The lowest BCUT2D eigenvalue weighted by molar-refractivity contribution is -0.134. The Balaban J connectivity index is 1.55. The van der Waals surface area contributed by atoms with E-state index in [1.54, 1.807) is 13.2 Å². The minimum atomic E-state index is -0.212. The van der Waals surface area contributed by atoms with Gasteiger partial charge in [0.2, 0.25) is 5.91 Å². The number of hydrogen-bond donors (Lipinski definition) is 2. The number of rotatable bonds is 6. The van der Waals surface area contributed by atoms with E-state index in [0.717, 1.165) is 24.8 Å². The Bertz CT molecular complexity index is 659. The fourth-order valence-electron chi connectivity index (χ4n) is 3.50. The zero-order valence-corrected chi connectivity index (χ0v) is 15.1. The maximum atomic E-state index is 12.4. The first-order valence-electron chi connectivity index (χ1n) is 9.18. The van der Waals surface area contributed by atoms with Crippen LogP contribution < -0.4 is 10.6 Å². The molecule has 1 saturated heterocycles. The lowest BCUT2D eigenvalue weighted by Gasteiger charge is -2.39. The highest BCUT2D eigenvalue weighted by molar-refractivity contribution is 5.96. The maximum absolute atomic E-state index is 12.4. The van der Waals surface area contributed by atoms with Crippen molar-refractivity contribution in [1.29, 1.82) is 0 Å². The molecule has 2 amide bonds. The predicted octanol–water partition coefficient (Wildman–Crippen LogP) is 1.86. The van der Waals surface area contributed by atoms with Crippen molar-refractivity contribution in [3.8, 4) is 0 Å². The van der Waals surface area contributed by atoms with Crippen LogP contribution in [0.15, 0.2) is 36.1 Å². The van der Waals surface area contributed by atoms with Gasteiger partial charge in [0.15, 0.2) is 5.76 Å². The molecule has 2 N–H and O–H groups in total. The van der Waals surface area contributed by atoms with Gasteiger partial charge < -0.3 is 20.1 Å². The molecule has 3 unspecified atom stereocenters. The molecule has 3 atom stereocenters. The summed E-state index contributed by atoms with van der Waals surface area (Å²) in [5.74, 6) is 0.109. The van der Waals surface area contributed by atoms with Gasteiger partial charge in [-0.05, 0) is 37.3 Å². The lowest BCUT2D eigenvalue weighted by Crippen LogP contribution is -2.54. The summed E-state index contributed by atoms with van der Waals surface area (Å²) >= 11 is 0. The van der Waals surface area contributed by atoms with Crippen LogP contribution in [0.5, 0.6) is 0 Å². The summed E-state index contributed by atoms with van der Waals surface area (Å²) < 4.78 is 10.9. The molecular weight excluding hydrogens is 332 g/mol. The molecule has 0 aromatic heterocycles. The van der Waals surface area contributed by atoms with Crippen LogP contribution in [0, 0.1) is 5.92 Å². The van der Waals surface area contributed by atoms with Crippen molar-refractivity contribution in [3.63, 3.8) is 0 Å². The number of hydrogen-bond acceptors (Lipinski definition) is 4. The molecule has 26 heavy (non-hydrogen) atoms. The lowest BCUT2D eigenvalue weighted by atomic mass is 9.82. The summed E-state index contributed by atoms with van der Waals surface area (Å²) in [7, 11) is 1.65. The van der Waals surface area contributed by atoms with Crippen molar-refractivity contribution in [2.24, 2.45) is 5.92 Å². The molecule has 140 valence electrons. The van der Waals surface area contributed by atoms with Crippen LogP contribution in [-0.2, 0) is 19.1 Å². The molecule has 1 aliphatic heterocycles. The average Bonchev–Trinajstić information content (AvgIpc) is 2.66. The number of carbonyl (C=O) groups is 2. The second kappa shape index (κ2) is 8.85. The summed E-state index contributed by atoms with van der Waals surface area (Å²) in [6.45, 7) is 1.25. The van der Waals surface area contributed by atoms with E-state index in [-0.39, 0.29) is 29.9 Å². The first-order valence-corrected chi connectivity index (χ1v) is 9.18. The van der Waals surface area contributed by atoms with E-state index in [9.17, 15) is 9.59 Å². The normalized spacial score (nSPS) is 26.6. The van der Waals surface area contributed by atoms with Crippen molar-refractivity contribution >= 4 is 17.9 Å². The zero-order chi connectivity index (χ0) is 18.4. The Morgan fingerprint density at radius 1 is 1.35 bits per heavy atom. The van der Waals surface area contributed by atoms with E-state index in [1.165, 1.54) is 0 Å². The number of methoxy groups -OCH3 is 1. The third-order valence-corrected chi connectivity index (χ3v) is 4.90. The van der Waals surface area contributed by atoms with Gasteiger partial charge >= 0.3 is 0 Å². The number of nitrogens with one attached hydrogen (secondary N) is 2. The second-order valence-corrected chi connectivity index (χ2v) is 6.80. The number of carbonyl (C=O) groups excluding carboxylic acids is 2. The van der Waals surface area contributed by atoms with Crippen LogP contribution in [0.1, 0.15) is 31.2 Å². The zero-order valence-electron chi connectivity index (χ0n) is 15.1. The first-order chi connectivity index (χ1) is 12.7. The Kier molecular flexibility index (Phi) is 6.28. The molecule has 6 heteroatoms.